The van der Waals surface area contributed by atoms with Gasteiger partial charge < -0.3 is 115 Å². The van der Waals surface area contributed by atoms with Crippen LogP contribution in [0.15, 0.2) is 0 Å². The van der Waals surface area contributed by atoms with Gasteiger partial charge in [0.05, 0.1) is 26.4 Å². The molecule has 0 aromatic rings. The standard InChI is InChI=1S/C54H97N6O25P/c1-32(64)56-42-48(74)45(71)37(28-61)83-52(42)79-25-11-7-17-35(67)16-6-10-21-59(41(70)19-9-13-27-81-54-44(58-34(3)66)50(76)47(73)39(30-63)85-54)23-15-24-60(51(77)36(68)31-82-86(4,5)78)22-14-20-55-40(69)18-8-12-26-80-53-43(57-33(2)65)49(75)46(72)38(29-62)84-53/h36-39,42-50,52-54,61-63,68,71-76H,6-31H2,1-5H3,(H,55,69)(H,56,64)(H,57,65)(H,58,66)/t36?,37?,38?,39?,42?,43?,44?,45-,46-,47-,48+,49+,50+,52+,53+,54+/m0/s1. The molecule has 0 aromatic carbocycles. The number of hydrogen-bond donors (Lipinski definition) is 14. The van der Waals surface area contributed by atoms with Crippen LogP contribution in [0.1, 0.15) is 111 Å². The molecule has 7 unspecified atom stereocenters. The summed E-state index contributed by atoms with van der Waals surface area (Å²) in [6.45, 7) is 4.65. The zero-order valence-corrected chi connectivity index (χ0v) is 51.0. The number of aliphatic hydroxyl groups excluding tert-OH is 10. The molecule has 0 aliphatic carbocycles. The van der Waals surface area contributed by atoms with Crippen molar-refractivity contribution in [3.05, 3.63) is 0 Å². The van der Waals surface area contributed by atoms with E-state index >= 15 is 0 Å². The van der Waals surface area contributed by atoms with E-state index in [0.717, 1.165) is 0 Å². The highest BCUT2D eigenvalue weighted by molar-refractivity contribution is 7.57. The van der Waals surface area contributed by atoms with Crippen molar-refractivity contribution in [2.24, 2.45) is 0 Å². The zero-order chi connectivity index (χ0) is 64.1. The highest BCUT2D eigenvalue weighted by Gasteiger charge is 2.48. The average Bonchev–Trinajstić information content (AvgIpc) is 2.57. The van der Waals surface area contributed by atoms with Crippen LogP contribution in [0.2, 0.25) is 0 Å². The molecular weight excluding hydrogens is 1160 g/mol. The Morgan fingerprint density at radius 3 is 1.28 bits per heavy atom. The van der Waals surface area contributed by atoms with E-state index < -0.39 is 155 Å². The Kier molecular flexibility index (Phi) is 35.4. The lowest BCUT2D eigenvalue weighted by Crippen LogP contribution is -2.64. The Hall–Kier alpha value is -3.96. The third-order valence-corrected chi connectivity index (χ3v) is 15.2. The van der Waals surface area contributed by atoms with E-state index in [9.17, 15) is 89.2 Å². The lowest BCUT2D eigenvalue weighted by molar-refractivity contribution is -0.270. The van der Waals surface area contributed by atoms with Gasteiger partial charge in [0.15, 0.2) is 32.3 Å². The van der Waals surface area contributed by atoms with Gasteiger partial charge in [0, 0.05) is 112 Å². The predicted octanol–water partition coefficient (Wildman–Crippen LogP) is -4.41. The van der Waals surface area contributed by atoms with Crippen molar-refractivity contribution < 1.29 is 122 Å². The van der Waals surface area contributed by atoms with E-state index in [2.05, 4.69) is 21.3 Å². The summed E-state index contributed by atoms with van der Waals surface area (Å²) in [6, 6.07) is -3.37. The van der Waals surface area contributed by atoms with Crippen LogP contribution in [0.4, 0.5) is 0 Å². The molecule has 498 valence electrons. The number of unbranched alkanes of at least 4 members (excludes halogenated alkanes) is 4. The highest BCUT2D eigenvalue weighted by Crippen LogP contribution is 2.37. The number of carbonyl (C=O) groups is 7. The van der Waals surface area contributed by atoms with Crippen molar-refractivity contribution in [2.75, 3.05) is 92.3 Å². The fraction of sp³-hybridized carbons (Fsp3) is 0.870. The van der Waals surface area contributed by atoms with Crippen LogP contribution in [0.25, 0.3) is 0 Å². The van der Waals surface area contributed by atoms with Gasteiger partial charge in [-0.15, -0.1) is 0 Å². The first-order chi connectivity index (χ1) is 40.7. The van der Waals surface area contributed by atoms with E-state index in [1.165, 1.54) is 39.0 Å². The minimum Gasteiger partial charge on any atom is -0.394 e. The Balaban J connectivity index is 1.59. The Morgan fingerprint density at radius 1 is 0.500 bits per heavy atom. The van der Waals surface area contributed by atoms with Crippen molar-refractivity contribution in [1.29, 1.82) is 0 Å². The third-order valence-electron chi connectivity index (χ3n) is 14.4. The van der Waals surface area contributed by atoms with Crippen molar-refractivity contribution >= 4 is 48.6 Å². The van der Waals surface area contributed by atoms with E-state index in [-0.39, 0.29) is 109 Å². The number of ketones is 1. The van der Waals surface area contributed by atoms with Gasteiger partial charge in [-0.2, -0.15) is 0 Å². The molecule has 31 nitrogen and oxygen atoms in total. The molecule has 6 amide bonds. The van der Waals surface area contributed by atoms with Gasteiger partial charge in [-0.3, -0.25) is 38.1 Å². The largest absolute Gasteiger partial charge is 0.394 e. The van der Waals surface area contributed by atoms with E-state index in [1.807, 2.05) is 0 Å². The van der Waals surface area contributed by atoms with E-state index in [4.69, 9.17) is 32.9 Å². The molecule has 3 heterocycles. The van der Waals surface area contributed by atoms with Crippen LogP contribution in [0, 0.1) is 0 Å². The lowest BCUT2D eigenvalue weighted by Gasteiger charge is -2.42. The maximum atomic E-state index is 13.9. The van der Waals surface area contributed by atoms with Crippen molar-refractivity contribution in [3.8, 4) is 0 Å². The number of hydrogen-bond acceptors (Lipinski definition) is 25. The van der Waals surface area contributed by atoms with Crippen LogP contribution >= 0.6 is 7.37 Å². The molecule has 32 heteroatoms. The third kappa shape index (κ3) is 27.0. The number of Topliss-reactive ketones (excluding diaryl/α,β-unsaturated/α-hetero) is 1. The first-order valence-corrected chi connectivity index (χ1v) is 32.0. The quantitative estimate of drug-likeness (QED) is 0.0203. The second kappa shape index (κ2) is 39.9. The molecule has 3 fully saturated rings. The molecule has 3 aliphatic heterocycles. The minimum atomic E-state index is -3.09. The van der Waals surface area contributed by atoms with Gasteiger partial charge in [-0.25, -0.2) is 0 Å². The zero-order valence-electron chi connectivity index (χ0n) is 50.1. The van der Waals surface area contributed by atoms with Crippen molar-refractivity contribution in [1.82, 2.24) is 31.1 Å². The Bertz CT molecular complexity index is 2120. The predicted molar refractivity (Wildman–Crippen MR) is 301 cm³/mol. The number of aliphatic hydroxyl groups is 10. The summed E-state index contributed by atoms with van der Waals surface area (Å²) in [5, 5.41) is 112. The summed E-state index contributed by atoms with van der Waals surface area (Å²) in [4.78, 5) is 91.7. The number of ether oxygens (including phenoxy) is 6. The smallest absolute Gasteiger partial charge is 0.253 e. The molecule has 0 aromatic heterocycles. The Labute approximate surface area is 501 Å². The number of carbonyl (C=O) groups excluding carboxylic acids is 7. The van der Waals surface area contributed by atoms with Gasteiger partial charge in [-0.1, -0.05) is 0 Å². The normalized spacial score (nSPS) is 28.0. The van der Waals surface area contributed by atoms with Gasteiger partial charge >= 0.3 is 0 Å². The molecule has 14 N–H and O–H groups in total. The highest BCUT2D eigenvalue weighted by atomic mass is 31.2. The summed E-state index contributed by atoms with van der Waals surface area (Å²) in [5.74, 6) is -2.88. The number of nitrogens with zero attached hydrogens (tertiary/aromatic N) is 2. The SMILES string of the molecule is CC(=O)NC1[C@H](OCCCCC(=O)CCCCN(CCCN(CCCNC(=O)CCCCO[C@@H]2OC(CO)[C@H](O)[C@H](O)C2NC(C)=O)C(=O)C(O)COP(C)(C)=O)C(=O)CCCCO[C@@H]2OC(CO)[C@H](O)[C@H](O)C2NC(C)=O)OC(CO)[C@H](O)[C@@H]1O. The average molecular weight is 1260 g/mol. The van der Waals surface area contributed by atoms with Crippen molar-refractivity contribution in [3.63, 3.8) is 0 Å². The van der Waals surface area contributed by atoms with Gasteiger partial charge in [0.25, 0.3) is 5.91 Å². The summed E-state index contributed by atoms with van der Waals surface area (Å²) < 4.78 is 51.6. The van der Waals surface area contributed by atoms with Crippen LogP contribution in [0.5, 0.6) is 0 Å². The molecule has 3 saturated heterocycles. The topological polar surface area (TPSA) is 458 Å². The number of nitrogens with one attached hydrogen (secondary N) is 4. The van der Waals surface area contributed by atoms with E-state index in [1.54, 1.807) is 4.90 Å². The van der Waals surface area contributed by atoms with Crippen LogP contribution in [0.3, 0.4) is 0 Å². The molecule has 3 rings (SSSR count). The monoisotopic (exact) mass is 1260 g/mol. The first-order valence-electron chi connectivity index (χ1n) is 29.5. The van der Waals surface area contributed by atoms with Gasteiger partial charge in [-0.05, 0) is 64.2 Å². The maximum Gasteiger partial charge on any atom is 0.253 e. The second-order valence-electron chi connectivity index (χ2n) is 22.1. The molecule has 86 heavy (non-hydrogen) atoms. The van der Waals surface area contributed by atoms with Crippen LogP contribution in [-0.2, 0) is 71.1 Å². The molecule has 0 spiro atoms. The summed E-state index contributed by atoms with van der Waals surface area (Å²) in [6.07, 6.45) is -13.7. The summed E-state index contributed by atoms with van der Waals surface area (Å²) in [5.41, 5.74) is 0. The summed E-state index contributed by atoms with van der Waals surface area (Å²) >= 11 is 0. The lowest BCUT2D eigenvalue weighted by atomic mass is 9.97. The molecule has 0 saturated carbocycles. The molecular formula is C54H97N6O25P. The molecule has 3 aliphatic rings. The summed E-state index contributed by atoms with van der Waals surface area (Å²) in [7, 11) is -3.09. The fourth-order valence-electron chi connectivity index (χ4n) is 9.80. The number of rotatable bonds is 41. The molecule has 16 atom stereocenters. The molecule has 0 bridgehead atoms. The van der Waals surface area contributed by atoms with Crippen LogP contribution < -0.4 is 21.3 Å². The number of amides is 6. The first kappa shape index (κ1) is 76.3. The Morgan fingerprint density at radius 2 is 0.872 bits per heavy atom. The van der Waals surface area contributed by atoms with Gasteiger partial charge in [0.2, 0.25) is 29.5 Å². The second-order valence-corrected chi connectivity index (χ2v) is 24.9. The van der Waals surface area contributed by atoms with E-state index in [0.29, 0.717) is 51.4 Å². The fourth-order valence-corrected chi connectivity index (χ4v) is 10.3. The maximum absolute atomic E-state index is 13.9. The minimum absolute atomic E-state index is 0.00188. The van der Waals surface area contributed by atoms with Crippen LogP contribution in [-0.4, -0.2) is 292 Å². The van der Waals surface area contributed by atoms with Gasteiger partial charge in [0.1, 0.15) is 78.8 Å². The van der Waals surface area contributed by atoms with Crippen molar-refractivity contribution in [2.45, 2.75) is 209 Å². The molecule has 0 radical (unpaired) electrons.